The number of fused-ring (bicyclic) bond motifs is 6. The zero-order valence-corrected chi connectivity index (χ0v) is 28.2. The Morgan fingerprint density at radius 3 is 1.73 bits per heavy atom. The van der Waals surface area contributed by atoms with Crippen LogP contribution in [0.3, 0.4) is 0 Å². The van der Waals surface area contributed by atoms with E-state index >= 15 is 0 Å². The Labute approximate surface area is 288 Å². The normalized spacial score (nSPS) is 26.0. The fraction of sp³-hybridized carbons (Fsp3) is 0.283. The number of aromatic nitrogens is 3. The highest BCUT2D eigenvalue weighted by Crippen LogP contribution is 2.70. The fourth-order valence-electron chi connectivity index (χ4n) is 11.8. The Balaban J connectivity index is 1.16. The van der Waals surface area contributed by atoms with E-state index in [0.29, 0.717) is 11.8 Å². The average Bonchev–Trinajstić information content (AvgIpc) is 3.57. The van der Waals surface area contributed by atoms with Crippen molar-refractivity contribution in [2.24, 2.45) is 23.7 Å². The van der Waals surface area contributed by atoms with Gasteiger partial charge >= 0.3 is 0 Å². The van der Waals surface area contributed by atoms with Crippen molar-refractivity contribution in [1.82, 2.24) is 15.0 Å². The van der Waals surface area contributed by atoms with E-state index in [4.69, 9.17) is 15.0 Å². The molecule has 1 heterocycles. The van der Waals surface area contributed by atoms with Crippen LogP contribution in [-0.4, -0.2) is 15.0 Å². The Morgan fingerprint density at radius 2 is 0.980 bits per heavy atom. The van der Waals surface area contributed by atoms with Crippen LogP contribution in [-0.2, 0) is 10.8 Å². The van der Waals surface area contributed by atoms with Gasteiger partial charge in [-0.25, -0.2) is 15.0 Å². The molecule has 12 rings (SSSR count). The number of benzene rings is 5. The molecule has 3 nitrogen and oxygen atoms in total. The zero-order valence-electron chi connectivity index (χ0n) is 28.2. The molecule has 0 atom stereocenters. The third-order valence-electron chi connectivity index (χ3n) is 13.3. The van der Waals surface area contributed by atoms with Gasteiger partial charge in [-0.2, -0.15) is 0 Å². The Morgan fingerprint density at radius 1 is 0.449 bits per heavy atom. The largest absolute Gasteiger partial charge is 0.208 e. The number of rotatable bonds is 3. The summed E-state index contributed by atoms with van der Waals surface area (Å²) in [5.41, 5.74) is 14.2. The van der Waals surface area contributed by atoms with Crippen molar-refractivity contribution in [3.63, 3.8) is 0 Å². The minimum Gasteiger partial charge on any atom is -0.208 e. The monoisotopic (exact) mass is 633 g/mol. The summed E-state index contributed by atoms with van der Waals surface area (Å²) in [5, 5.41) is 0. The summed E-state index contributed by atoms with van der Waals surface area (Å²) in [6.07, 6.45) is 6.94. The van der Waals surface area contributed by atoms with Gasteiger partial charge < -0.3 is 0 Å². The fourth-order valence-corrected chi connectivity index (χ4v) is 11.8. The molecule has 4 bridgehead atoms. The van der Waals surface area contributed by atoms with Crippen molar-refractivity contribution in [1.29, 1.82) is 0 Å². The first-order valence-corrected chi connectivity index (χ1v) is 18.3. The Hall–Kier alpha value is -4.89. The van der Waals surface area contributed by atoms with Crippen LogP contribution >= 0.6 is 0 Å². The van der Waals surface area contributed by atoms with Crippen molar-refractivity contribution < 1.29 is 0 Å². The maximum Gasteiger partial charge on any atom is 0.164 e. The highest BCUT2D eigenvalue weighted by molar-refractivity contribution is 5.93. The molecular weight excluding hydrogens is 595 g/mol. The van der Waals surface area contributed by atoms with Gasteiger partial charge in [0.15, 0.2) is 17.5 Å². The topological polar surface area (TPSA) is 38.7 Å². The highest BCUT2D eigenvalue weighted by atomic mass is 15.0. The maximum atomic E-state index is 5.46. The van der Waals surface area contributed by atoms with Gasteiger partial charge in [-0.3, -0.25) is 0 Å². The van der Waals surface area contributed by atoms with Crippen LogP contribution in [0.5, 0.6) is 0 Å². The number of nitrogens with zero attached hydrogens (tertiary/aromatic N) is 3. The molecule has 0 radical (unpaired) electrons. The first kappa shape index (κ1) is 28.0. The van der Waals surface area contributed by atoms with Crippen LogP contribution in [0, 0.1) is 23.7 Å². The summed E-state index contributed by atoms with van der Waals surface area (Å²) in [5.74, 6) is 5.49. The summed E-state index contributed by atoms with van der Waals surface area (Å²) < 4.78 is 0. The van der Waals surface area contributed by atoms with E-state index in [-0.39, 0.29) is 10.8 Å². The van der Waals surface area contributed by atoms with E-state index in [0.717, 1.165) is 46.0 Å². The van der Waals surface area contributed by atoms with E-state index in [1.807, 2.05) is 0 Å². The van der Waals surface area contributed by atoms with Gasteiger partial charge in [0, 0.05) is 27.5 Å². The lowest BCUT2D eigenvalue weighted by molar-refractivity contribution is -0.0399. The minimum absolute atomic E-state index is 0.101. The van der Waals surface area contributed by atoms with Crippen molar-refractivity contribution in [3.05, 3.63) is 138 Å². The van der Waals surface area contributed by atoms with Crippen molar-refractivity contribution in [2.75, 3.05) is 0 Å². The summed E-state index contributed by atoms with van der Waals surface area (Å²) in [7, 11) is 0. The molecule has 0 amide bonds. The standard InChI is InChI=1S/C46H39N3/c1-45(2)37-19-8-6-14-32(37)33-16-10-18-36(41(33)45)44-48-42(29-12-4-3-5-13-29)47-43(49-44)35-17-11-21-39-40(35)34-15-7-9-20-38(34)46(39)30-23-27-22-28(25-30)26-31(46)24-27/h3-21,27-28,30-31H,22-26H2,1-2H3. The first-order valence-electron chi connectivity index (χ1n) is 18.3. The molecule has 4 saturated carbocycles. The second-order valence-corrected chi connectivity index (χ2v) is 16.0. The van der Waals surface area contributed by atoms with Gasteiger partial charge in [0.1, 0.15) is 0 Å². The van der Waals surface area contributed by atoms with Crippen molar-refractivity contribution >= 4 is 0 Å². The second-order valence-electron chi connectivity index (χ2n) is 16.0. The van der Waals surface area contributed by atoms with Gasteiger partial charge in [0.05, 0.1) is 0 Å². The Kier molecular flexibility index (Phi) is 5.63. The van der Waals surface area contributed by atoms with Crippen LogP contribution in [0.15, 0.2) is 115 Å². The molecule has 0 unspecified atom stereocenters. The Bertz CT molecular complexity index is 2310. The molecule has 3 heteroatoms. The molecule has 0 N–H and O–H groups in total. The molecule has 238 valence electrons. The first-order chi connectivity index (χ1) is 24.0. The van der Waals surface area contributed by atoms with E-state index in [1.54, 1.807) is 5.56 Å². The van der Waals surface area contributed by atoms with Crippen LogP contribution in [0.1, 0.15) is 68.2 Å². The van der Waals surface area contributed by atoms with Crippen LogP contribution in [0.2, 0.25) is 0 Å². The maximum absolute atomic E-state index is 5.46. The molecule has 0 aliphatic heterocycles. The van der Waals surface area contributed by atoms with Crippen LogP contribution in [0.25, 0.3) is 56.4 Å². The molecule has 6 aliphatic rings. The van der Waals surface area contributed by atoms with Crippen LogP contribution < -0.4 is 0 Å². The van der Waals surface area contributed by atoms with Crippen molar-refractivity contribution in [2.45, 2.75) is 56.8 Å². The molecule has 5 aromatic carbocycles. The van der Waals surface area contributed by atoms with Gasteiger partial charge in [0.2, 0.25) is 0 Å². The number of hydrogen-bond acceptors (Lipinski definition) is 3. The zero-order chi connectivity index (χ0) is 32.5. The summed E-state index contributed by atoms with van der Waals surface area (Å²) in [6, 6.07) is 42.3. The molecule has 4 fully saturated rings. The smallest absolute Gasteiger partial charge is 0.164 e. The quantitative estimate of drug-likeness (QED) is 0.195. The lowest BCUT2D eigenvalue weighted by Crippen LogP contribution is -2.55. The molecule has 0 saturated heterocycles. The average molecular weight is 634 g/mol. The predicted octanol–water partition coefficient (Wildman–Crippen LogP) is 10.9. The molecule has 1 spiro atoms. The van der Waals surface area contributed by atoms with Gasteiger partial charge in [-0.05, 0) is 100 Å². The minimum atomic E-state index is -0.180. The van der Waals surface area contributed by atoms with Crippen LogP contribution in [0.4, 0.5) is 0 Å². The van der Waals surface area contributed by atoms with E-state index in [9.17, 15) is 0 Å². The third-order valence-corrected chi connectivity index (χ3v) is 13.3. The van der Waals surface area contributed by atoms with E-state index < -0.39 is 0 Å². The van der Waals surface area contributed by atoms with Gasteiger partial charge in [-0.1, -0.05) is 129 Å². The molecule has 49 heavy (non-hydrogen) atoms. The predicted molar refractivity (Wildman–Crippen MR) is 197 cm³/mol. The van der Waals surface area contributed by atoms with Gasteiger partial charge in [-0.15, -0.1) is 0 Å². The third kappa shape index (κ3) is 3.66. The summed E-state index contributed by atoms with van der Waals surface area (Å²) in [6.45, 7) is 4.68. The SMILES string of the molecule is CC1(C)c2ccccc2-c2cccc(-c3nc(-c4ccccc4)nc(-c4cccc5c4-c4ccccc4C54C5CC6CC(C5)CC4C6)n3)c21. The van der Waals surface area contributed by atoms with E-state index in [2.05, 4.69) is 129 Å². The summed E-state index contributed by atoms with van der Waals surface area (Å²) >= 11 is 0. The highest BCUT2D eigenvalue weighted by Gasteiger charge is 2.61. The molecular formula is C46H39N3. The van der Waals surface area contributed by atoms with Crippen molar-refractivity contribution in [3.8, 4) is 56.4 Å². The second kappa shape index (κ2) is 9.85. The lowest BCUT2D eigenvalue weighted by atomic mass is 9.43. The summed E-state index contributed by atoms with van der Waals surface area (Å²) in [4.78, 5) is 16.0. The lowest BCUT2D eigenvalue weighted by Gasteiger charge is -2.61. The van der Waals surface area contributed by atoms with E-state index in [1.165, 1.54) is 71.0 Å². The molecule has 1 aromatic heterocycles. The number of hydrogen-bond donors (Lipinski definition) is 0. The van der Waals surface area contributed by atoms with Gasteiger partial charge in [0.25, 0.3) is 0 Å². The molecule has 6 aromatic rings. The molecule has 6 aliphatic carbocycles.